The largest absolute Gasteiger partial charge is 0.482 e. The molecule has 0 aliphatic carbocycles. The van der Waals surface area contributed by atoms with Crippen molar-refractivity contribution in [2.75, 3.05) is 56.1 Å². The van der Waals surface area contributed by atoms with Gasteiger partial charge in [0.15, 0.2) is 6.61 Å². The summed E-state index contributed by atoms with van der Waals surface area (Å²) in [5.41, 5.74) is 4.66. The van der Waals surface area contributed by atoms with Crippen LogP contribution in [0.2, 0.25) is 0 Å². The zero-order valence-electron chi connectivity index (χ0n) is 21.6. The van der Waals surface area contributed by atoms with Crippen LogP contribution in [-0.2, 0) is 19.6 Å². The van der Waals surface area contributed by atoms with Crippen molar-refractivity contribution in [3.05, 3.63) is 47.0 Å². The predicted molar refractivity (Wildman–Crippen MR) is 141 cm³/mol. The summed E-state index contributed by atoms with van der Waals surface area (Å²) in [7, 11) is -3.83. The van der Waals surface area contributed by atoms with Gasteiger partial charge in [-0.05, 0) is 62.4 Å². The first-order valence-electron chi connectivity index (χ1n) is 12.8. The van der Waals surface area contributed by atoms with Crippen molar-refractivity contribution in [1.29, 1.82) is 0 Å². The molecule has 2 aromatic rings. The maximum atomic E-state index is 13.6. The number of piperazine rings is 1. The molecule has 3 aliphatic rings. The molecule has 10 heteroatoms. The highest BCUT2D eigenvalue weighted by atomic mass is 32.2. The number of carbonyl (C=O) groups is 2. The fourth-order valence-corrected chi connectivity index (χ4v) is 7.23. The highest BCUT2D eigenvalue weighted by Gasteiger charge is 2.37. The van der Waals surface area contributed by atoms with Crippen LogP contribution < -0.4 is 15.0 Å². The number of sulfonamides is 1. The molecule has 0 unspecified atom stereocenters. The van der Waals surface area contributed by atoms with Gasteiger partial charge in [0.1, 0.15) is 5.75 Å². The number of aryl methyl sites for hydroxylation is 3. The summed E-state index contributed by atoms with van der Waals surface area (Å²) in [5.74, 6) is -0.247. The Kier molecular flexibility index (Phi) is 6.89. The van der Waals surface area contributed by atoms with E-state index in [4.69, 9.17) is 4.74 Å². The number of nitrogens with zero attached hydrogens (tertiary/aromatic N) is 3. The molecule has 3 heterocycles. The van der Waals surface area contributed by atoms with Crippen LogP contribution in [0.3, 0.4) is 0 Å². The van der Waals surface area contributed by atoms with Gasteiger partial charge in [0.05, 0.1) is 16.5 Å². The highest BCUT2D eigenvalue weighted by molar-refractivity contribution is 7.89. The lowest BCUT2D eigenvalue weighted by Gasteiger charge is -2.40. The summed E-state index contributed by atoms with van der Waals surface area (Å²) in [4.78, 5) is 29.4. The van der Waals surface area contributed by atoms with Crippen molar-refractivity contribution in [2.24, 2.45) is 5.92 Å². The molecule has 0 bridgehead atoms. The first kappa shape index (κ1) is 25.5. The maximum absolute atomic E-state index is 13.6. The number of rotatable bonds is 4. The molecule has 0 saturated carbocycles. The van der Waals surface area contributed by atoms with Crippen LogP contribution in [0, 0.1) is 26.7 Å². The lowest BCUT2D eigenvalue weighted by Crippen LogP contribution is -2.53. The van der Waals surface area contributed by atoms with E-state index in [1.54, 1.807) is 13.0 Å². The fraction of sp³-hybridized carbons (Fsp3) is 0.481. The monoisotopic (exact) mass is 526 g/mol. The Bertz CT molecular complexity index is 1330. The van der Waals surface area contributed by atoms with E-state index in [1.165, 1.54) is 27.2 Å². The molecule has 0 spiro atoms. The first-order chi connectivity index (χ1) is 17.6. The predicted octanol–water partition coefficient (Wildman–Crippen LogP) is 2.69. The van der Waals surface area contributed by atoms with Gasteiger partial charge in [0.2, 0.25) is 15.9 Å². The van der Waals surface area contributed by atoms with E-state index >= 15 is 0 Å². The minimum atomic E-state index is -3.83. The molecule has 1 atom stereocenters. The van der Waals surface area contributed by atoms with Gasteiger partial charge in [-0.15, -0.1) is 0 Å². The Morgan fingerprint density at radius 2 is 1.76 bits per heavy atom. The maximum Gasteiger partial charge on any atom is 0.262 e. The summed E-state index contributed by atoms with van der Waals surface area (Å²) >= 11 is 0. The highest BCUT2D eigenvalue weighted by Crippen LogP contribution is 2.35. The Morgan fingerprint density at radius 1 is 1.00 bits per heavy atom. The quantitative estimate of drug-likeness (QED) is 0.658. The second-order valence-corrected chi connectivity index (χ2v) is 12.2. The van der Waals surface area contributed by atoms with Crippen molar-refractivity contribution in [1.82, 2.24) is 9.21 Å². The Morgan fingerprint density at radius 3 is 2.51 bits per heavy atom. The summed E-state index contributed by atoms with van der Waals surface area (Å²) in [6, 6.07) is 9.54. The molecule has 3 aliphatic heterocycles. The normalized spacial score (nSPS) is 20.7. The smallest absolute Gasteiger partial charge is 0.262 e. The van der Waals surface area contributed by atoms with Gasteiger partial charge in [0.25, 0.3) is 5.91 Å². The number of hydrogen-bond acceptors (Lipinski definition) is 6. The van der Waals surface area contributed by atoms with E-state index in [9.17, 15) is 18.0 Å². The number of hydrogen-bond donors (Lipinski definition) is 1. The van der Waals surface area contributed by atoms with Gasteiger partial charge < -0.3 is 19.9 Å². The van der Waals surface area contributed by atoms with Gasteiger partial charge in [-0.1, -0.05) is 12.1 Å². The lowest BCUT2D eigenvalue weighted by atomic mass is 9.97. The van der Waals surface area contributed by atoms with Crippen molar-refractivity contribution >= 4 is 33.2 Å². The minimum Gasteiger partial charge on any atom is -0.482 e. The summed E-state index contributed by atoms with van der Waals surface area (Å²) in [5, 5.41) is 2.71. The van der Waals surface area contributed by atoms with Gasteiger partial charge in [-0.3, -0.25) is 9.59 Å². The van der Waals surface area contributed by atoms with Gasteiger partial charge in [-0.2, -0.15) is 4.31 Å². The number of piperidine rings is 1. The molecule has 9 nitrogen and oxygen atoms in total. The molecule has 2 saturated heterocycles. The molecular weight excluding hydrogens is 492 g/mol. The molecule has 5 rings (SSSR count). The fourth-order valence-electron chi connectivity index (χ4n) is 5.48. The Labute approximate surface area is 218 Å². The van der Waals surface area contributed by atoms with Crippen molar-refractivity contribution < 1.29 is 22.7 Å². The number of fused-ring (bicyclic) bond motifs is 1. The SMILES string of the molecule is Cc1ccc(C)c(N2CCN(C(=O)[C@H]3CCCN(S(=O)(=O)c4cc5c(cc4C)NC(=O)CO5)C3)CC2)c1. The molecule has 37 heavy (non-hydrogen) atoms. The second-order valence-electron chi connectivity index (χ2n) is 10.3. The van der Waals surface area contributed by atoms with Gasteiger partial charge >= 0.3 is 0 Å². The van der Waals surface area contributed by atoms with Crippen molar-refractivity contribution in [3.63, 3.8) is 0 Å². The molecular formula is C27H34N4O5S. The van der Waals surface area contributed by atoms with E-state index < -0.39 is 10.0 Å². The number of anilines is 2. The van der Waals surface area contributed by atoms with Crippen LogP contribution in [0.4, 0.5) is 11.4 Å². The van der Waals surface area contributed by atoms with Crippen molar-refractivity contribution in [2.45, 2.75) is 38.5 Å². The molecule has 2 fully saturated rings. The molecule has 2 aromatic carbocycles. The third kappa shape index (κ3) is 5.04. The van der Waals surface area contributed by atoms with E-state index in [1.807, 2.05) is 4.90 Å². The lowest BCUT2D eigenvalue weighted by molar-refractivity contribution is -0.137. The van der Waals surface area contributed by atoms with Crippen LogP contribution in [0.1, 0.15) is 29.5 Å². The van der Waals surface area contributed by atoms with Crippen molar-refractivity contribution in [3.8, 4) is 5.75 Å². The first-order valence-corrected chi connectivity index (χ1v) is 14.3. The van der Waals surface area contributed by atoms with Crippen LogP contribution in [0.25, 0.3) is 0 Å². The zero-order chi connectivity index (χ0) is 26.3. The third-order valence-corrected chi connectivity index (χ3v) is 9.56. The van der Waals surface area contributed by atoms with Gasteiger partial charge in [-0.25, -0.2) is 8.42 Å². The van der Waals surface area contributed by atoms with E-state index in [0.717, 1.165) is 13.1 Å². The summed E-state index contributed by atoms with van der Waals surface area (Å²) in [6.07, 6.45) is 1.31. The zero-order valence-corrected chi connectivity index (χ0v) is 22.4. The standard InChI is InChI=1S/C27H34N4O5S/c1-18-6-7-19(2)23(13-18)29-9-11-30(12-10-29)27(33)21-5-4-8-31(16-21)37(34,35)25-15-24-22(14-20(25)3)28-26(32)17-36-24/h6-7,13-15,21H,4-5,8-12,16-17H2,1-3H3,(H,28,32)/t21-/m0/s1. The summed E-state index contributed by atoms with van der Waals surface area (Å²) in [6.45, 7) is 9.07. The average Bonchev–Trinajstić information content (AvgIpc) is 2.89. The summed E-state index contributed by atoms with van der Waals surface area (Å²) < 4.78 is 34.1. The molecule has 1 N–H and O–H groups in total. The molecule has 198 valence electrons. The topological polar surface area (TPSA) is 99.3 Å². The minimum absolute atomic E-state index is 0.0359. The average molecular weight is 527 g/mol. The number of amides is 2. The number of carbonyl (C=O) groups excluding carboxylic acids is 2. The van der Waals surface area contributed by atoms with Crippen LogP contribution >= 0.6 is 0 Å². The van der Waals surface area contributed by atoms with Crippen LogP contribution in [0.15, 0.2) is 35.2 Å². The number of ether oxygens (including phenoxy) is 1. The Hall–Kier alpha value is -3.11. The molecule has 0 aromatic heterocycles. The van der Waals surface area contributed by atoms with E-state index in [2.05, 4.69) is 42.3 Å². The van der Waals surface area contributed by atoms with Crippen LogP contribution in [-0.4, -0.2) is 75.3 Å². The Balaban J connectivity index is 1.26. The van der Waals surface area contributed by atoms with E-state index in [-0.39, 0.29) is 35.8 Å². The third-order valence-electron chi connectivity index (χ3n) is 7.56. The second kappa shape index (κ2) is 9.98. The molecule has 2 amide bonds. The van der Waals surface area contributed by atoms with E-state index in [0.29, 0.717) is 49.5 Å². The molecule has 0 radical (unpaired) electrons. The van der Waals surface area contributed by atoms with Gasteiger partial charge in [0, 0.05) is 51.0 Å². The number of nitrogens with one attached hydrogen (secondary N) is 1. The van der Waals surface area contributed by atoms with Crippen LogP contribution in [0.5, 0.6) is 5.75 Å². The number of benzene rings is 2.